The van der Waals surface area contributed by atoms with Crippen molar-refractivity contribution in [1.29, 1.82) is 0 Å². The number of amides is 3. The molecule has 1 rings (SSSR count). The number of allylic oxidation sites excluding steroid dienone is 1. The van der Waals surface area contributed by atoms with Gasteiger partial charge >= 0.3 is 6.09 Å². The summed E-state index contributed by atoms with van der Waals surface area (Å²) in [6, 6.07) is 7.60. The first-order valence-electron chi connectivity index (χ1n) is 9.01. The lowest BCUT2D eigenvalue weighted by molar-refractivity contribution is -0.128. The highest BCUT2D eigenvalue weighted by atomic mass is 16.5. The highest BCUT2D eigenvalue weighted by Crippen LogP contribution is 2.08. The SMILES string of the molecule is C=CCC[C@@H](NC(=O)[C@H](CC(C)C)NC(=O)OCc1ccccc1)C(N)=O. The van der Waals surface area contributed by atoms with E-state index in [2.05, 4.69) is 17.2 Å². The molecule has 7 heteroatoms. The van der Waals surface area contributed by atoms with Crippen LogP contribution in [0.15, 0.2) is 43.0 Å². The van der Waals surface area contributed by atoms with Gasteiger partial charge in [-0.3, -0.25) is 9.59 Å². The number of carbonyl (C=O) groups is 3. The Hall–Kier alpha value is -2.83. The number of rotatable bonds is 11. The minimum atomic E-state index is -0.821. The van der Waals surface area contributed by atoms with Crippen molar-refractivity contribution < 1.29 is 19.1 Å². The van der Waals surface area contributed by atoms with Gasteiger partial charge in [-0.25, -0.2) is 4.79 Å². The van der Waals surface area contributed by atoms with Crippen LogP contribution in [0.4, 0.5) is 4.79 Å². The summed E-state index contributed by atoms with van der Waals surface area (Å²) in [5.41, 5.74) is 6.18. The second kappa shape index (κ2) is 11.7. The van der Waals surface area contributed by atoms with Crippen LogP contribution in [0.3, 0.4) is 0 Å². The lowest BCUT2D eigenvalue weighted by Gasteiger charge is -2.22. The Bertz CT molecular complexity index is 631. The Morgan fingerprint density at radius 3 is 2.37 bits per heavy atom. The monoisotopic (exact) mass is 375 g/mol. The van der Waals surface area contributed by atoms with Crippen LogP contribution >= 0.6 is 0 Å². The molecule has 0 aliphatic carbocycles. The standard InChI is InChI=1S/C20H29N3O4/c1-4-5-11-16(18(21)24)22-19(25)17(12-14(2)3)23-20(26)27-13-15-9-7-6-8-10-15/h4,6-10,14,16-17H,1,5,11-13H2,2-3H3,(H2,21,24)(H,22,25)(H,23,26)/t16-,17+/m1/s1. The van der Waals surface area contributed by atoms with Crippen molar-refractivity contribution in [1.82, 2.24) is 10.6 Å². The van der Waals surface area contributed by atoms with E-state index in [9.17, 15) is 14.4 Å². The van der Waals surface area contributed by atoms with E-state index in [0.717, 1.165) is 5.56 Å². The van der Waals surface area contributed by atoms with Gasteiger partial charge < -0.3 is 21.1 Å². The molecule has 0 bridgehead atoms. The van der Waals surface area contributed by atoms with Crippen molar-refractivity contribution in [2.24, 2.45) is 11.7 Å². The molecule has 2 atom stereocenters. The summed E-state index contributed by atoms with van der Waals surface area (Å²) < 4.78 is 5.17. The molecule has 0 radical (unpaired) electrons. The Morgan fingerprint density at radius 1 is 1.15 bits per heavy atom. The van der Waals surface area contributed by atoms with Crippen LogP contribution in [-0.2, 0) is 20.9 Å². The van der Waals surface area contributed by atoms with Crippen LogP contribution in [0.25, 0.3) is 0 Å². The van der Waals surface area contributed by atoms with Gasteiger partial charge in [-0.1, -0.05) is 50.3 Å². The van der Waals surface area contributed by atoms with E-state index in [1.807, 2.05) is 44.2 Å². The summed E-state index contributed by atoms with van der Waals surface area (Å²) >= 11 is 0. The van der Waals surface area contributed by atoms with Gasteiger partial charge in [0.15, 0.2) is 0 Å². The normalized spacial score (nSPS) is 12.7. The fraction of sp³-hybridized carbons (Fsp3) is 0.450. The fourth-order valence-corrected chi connectivity index (χ4v) is 2.45. The van der Waals surface area contributed by atoms with Crippen LogP contribution in [0.2, 0.25) is 0 Å². The van der Waals surface area contributed by atoms with E-state index < -0.39 is 30.0 Å². The van der Waals surface area contributed by atoms with E-state index in [1.54, 1.807) is 6.08 Å². The smallest absolute Gasteiger partial charge is 0.408 e. The Morgan fingerprint density at radius 2 is 1.81 bits per heavy atom. The molecule has 148 valence electrons. The summed E-state index contributed by atoms with van der Waals surface area (Å²) in [5, 5.41) is 5.18. The number of benzene rings is 1. The summed E-state index contributed by atoms with van der Waals surface area (Å²) in [7, 11) is 0. The summed E-state index contributed by atoms with van der Waals surface area (Å²) in [5.74, 6) is -0.941. The van der Waals surface area contributed by atoms with E-state index in [4.69, 9.17) is 10.5 Å². The molecule has 3 amide bonds. The van der Waals surface area contributed by atoms with Crippen molar-refractivity contribution in [3.63, 3.8) is 0 Å². The third kappa shape index (κ3) is 8.89. The lowest BCUT2D eigenvalue weighted by atomic mass is 10.0. The summed E-state index contributed by atoms with van der Waals surface area (Å²) in [6.07, 6.45) is 2.25. The van der Waals surface area contributed by atoms with Gasteiger partial charge in [-0.15, -0.1) is 6.58 Å². The molecule has 0 fully saturated rings. The predicted octanol–water partition coefficient (Wildman–Crippen LogP) is 2.26. The maximum Gasteiger partial charge on any atom is 0.408 e. The second-order valence-electron chi connectivity index (χ2n) is 6.72. The Kier molecular flexibility index (Phi) is 9.64. The van der Waals surface area contributed by atoms with Gasteiger partial charge in [-0.2, -0.15) is 0 Å². The first kappa shape index (κ1) is 22.2. The third-order valence-electron chi connectivity index (χ3n) is 3.85. The molecule has 7 nitrogen and oxygen atoms in total. The van der Waals surface area contributed by atoms with Crippen LogP contribution in [-0.4, -0.2) is 30.0 Å². The molecular weight excluding hydrogens is 346 g/mol. The highest BCUT2D eigenvalue weighted by Gasteiger charge is 2.26. The van der Waals surface area contributed by atoms with Gasteiger partial charge in [0.1, 0.15) is 18.7 Å². The maximum atomic E-state index is 12.6. The van der Waals surface area contributed by atoms with Gasteiger partial charge in [0, 0.05) is 0 Å². The molecule has 27 heavy (non-hydrogen) atoms. The maximum absolute atomic E-state index is 12.6. The number of carbonyl (C=O) groups excluding carboxylic acids is 3. The van der Waals surface area contributed by atoms with Crippen LogP contribution < -0.4 is 16.4 Å². The zero-order valence-corrected chi connectivity index (χ0v) is 15.9. The van der Waals surface area contributed by atoms with Crippen molar-refractivity contribution in [3.8, 4) is 0 Å². The highest BCUT2D eigenvalue weighted by molar-refractivity contribution is 5.90. The van der Waals surface area contributed by atoms with Crippen LogP contribution in [0, 0.1) is 5.92 Å². The van der Waals surface area contributed by atoms with Gasteiger partial charge in [0.25, 0.3) is 0 Å². The first-order valence-corrected chi connectivity index (χ1v) is 9.01. The average molecular weight is 375 g/mol. The Balaban J connectivity index is 2.66. The number of ether oxygens (including phenoxy) is 1. The quantitative estimate of drug-likeness (QED) is 0.515. The molecule has 0 spiro atoms. The molecule has 4 N–H and O–H groups in total. The van der Waals surface area contributed by atoms with E-state index in [-0.39, 0.29) is 12.5 Å². The van der Waals surface area contributed by atoms with Gasteiger partial charge in [0.05, 0.1) is 0 Å². The number of nitrogens with two attached hydrogens (primary N) is 1. The number of alkyl carbamates (subject to hydrolysis) is 1. The molecule has 1 aromatic carbocycles. The number of hydrogen-bond donors (Lipinski definition) is 3. The van der Waals surface area contributed by atoms with Crippen molar-refractivity contribution >= 4 is 17.9 Å². The molecule has 0 saturated carbocycles. The largest absolute Gasteiger partial charge is 0.445 e. The minimum Gasteiger partial charge on any atom is -0.445 e. The third-order valence-corrected chi connectivity index (χ3v) is 3.85. The minimum absolute atomic E-state index is 0.103. The number of primary amides is 1. The van der Waals surface area contributed by atoms with Crippen molar-refractivity contribution in [3.05, 3.63) is 48.6 Å². The molecule has 0 aromatic heterocycles. The van der Waals surface area contributed by atoms with E-state index in [1.165, 1.54) is 0 Å². The molecular formula is C20H29N3O4. The Labute approximate surface area is 160 Å². The summed E-state index contributed by atoms with van der Waals surface area (Å²) in [4.78, 5) is 36.2. The van der Waals surface area contributed by atoms with Crippen molar-refractivity contribution in [2.75, 3.05) is 0 Å². The van der Waals surface area contributed by atoms with E-state index >= 15 is 0 Å². The average Bonchev–Trinajstić information content (AvgIpc) is 2.63. The zero-order valence-electron chi connectivity index (χ0n) is 15.9. The summed E-state index contributed by atoms with van der Waals surface area (Å²) in [6.45, 7) is 7.56. The van der Waals surface area contributed by atoms with Gasteiger partial charge in [-0.05, 0) is 30.7 Å². The first-order chi connectivity index (χ1) is 12.8. The fourth-order valence-electron chi connectivity index (χ4n) is 2.45. The van der Waals surface area contributed by atoms with Crippen LogP contribution in [0.1, 0.15) is 38.7 Å². The molecule has 1 aromatic rings. The number of hydrogen-bond acceptors (Lipinski definition) is 4. The van der Waals surface area contributed by atoms with Crippen molar-refractivity contribution in [2.45, 2.75) is 51.8 Å². The van der Waals surface area contributed by atoms with Crippen LogP contribution in [0.5, 0.6) is 0 Å². The molecule has 0 unspecified atom stereocenters. The molecule has 0 saturated heterocycles. The predicted molar refractivity (Wildman–Crippen MR) is 104 cm³/mol. The topological polar surface area (TPSA) is 111 Å². The molecule has 0 heterocycles. The number of nitrogens with one attached hydrogen (secondary N) is 2. The second-order valence-corrected chi connectivity index (χ2v) is 6.72. The lowest BCUT2D eigenvalue weighted by Crippen LogP contribution is -2.53. The van der Waals surface area contributed by atoms with Gasteiger partial charge in [0.2, 0.25) is 11.8 Å². The molecule has 0 aliphatic rings. The zero-order chi connectivity index (χ0) is 20.2. The van der Waals surface area contributed by atoms with E-state index in [0.29, 0.717) is 19.3 Å². The molecule has 0 aliphatic heterocycles.